The molecule has 0 saturated heterocycles. The van der Waals surface area contributed by atoms with Crippen molar-refractivity contribution in [2.45, 2.75) is 6.04 Å². The van der Waals surface area contributed by atoms with E-state index in [1.807, 2.05) is 0 Å². The first-order chi connectivity index (χ1) is 10.1. The SMILES string of the molecule is COCC(c1cc(F)cnc1OC)n1cc([N+](=O)[O-])cn1. The maximum atomic E-state index is 13.4. The molecule has 0 N–H and O–H groups in total. The van der Waals surface area contributed by atoms with Crippen molar-refractivity contribution in [1.82, 2.24) is 14.8 Å². The molecule has 2 aromatic heterocycles. The second kappa shape index (κ2) is 6.27. The maximum absolute atomic E-state index is 13.4. The minimum absolute atomic E-state index is 0.125. The molecule has 0 fully saturated rings. The Morgan fingerprint density at radius 3 is 2.81 bits per heavy atom. The Labute approximate surface area is 119 Å². The van der Waals surface area contributed by atoms with Gasteiger partial charge in [-0.05, 0) is 6.07 Å². The number of nitro groups is 1. The number of nitrogens with zero attached hydrogens (tertiary/aromatic N) is 4. The molecule has 2 rings (SSSR count). The highest BCUT2D eigenvalue weighted by molar-refractivity contribution is 5.31. The van der Waals surface area contributed by atoms with Crippen molar-refractivity contribution in [3.05, 3.63) is 46.2 Å². The van der Waals surface area contributed by atoms with Crippen molar-refractivity contribution in [3.8, 4) is 5.88 Å². The number of ether oxygens (including phenoxy) is 2. The number of hydrogen-bond acceptors (Lipinski definition) is 6. The van der Waals surface area contributed by atoms with Crippen LogP contribution < -0.4 is 4.74 Å². The van der Waals surface area contributed by atoms with Gasteiger partial charge in [-0.15, -0.1) is 0 Å². The Hall–Kier alpha value is -2.55. The molecule has 21 heavy (non-hydrogen) atoms. The average molecular weight is 296 g/mol. The Bertz CT molecular complexity index is 646. The van der Waals surface area contributed by atoms with E-state index in [9.17, 15) is 14.5 Å². The van der Waals surface area contributed by atoms with E-state index in [4.69, 9.17) is 9.47 Å². The lowest BCUT2D eigenvalue weighted by molar-refractivity contribution is -0.385. The van der Waals surface area contributed by atoms with Crippen LogP contribution in [-0.4, -0.2) is 40.5 Å². The van der Waals surface area contributed by atoms with Crippen LogP contribution in [0, 0.1) is 15.9 Å². The standard InChI is InChI=1S/C12H13FN4O4/c1-20-7-11(16-6-9(5-15-16)17(18)19)10-3-8(13)4-14-12(10)21-2/h3-6,11H,7H2,1-2H3. The number of aromatic nitrogens is 3. The molecule has 0 aromatic carbocycles. The number of methoxy groups -OCH3 is 2. The van der Waals surface area contributed by atoms with Gasteiger partial charge in [0.1, 0.15) is 24.3 Å². The highest BCUT2D eigenvalue weighted by Crippen LogP contribution is 2.27. The fraction of sp³-hybridized carbons (Fsp3) is 0.333. The molecule has 0 spiro atoms. The predicted octanol–water partition coefficient (Wildman–Crippen LogP) is 1.57. The topological polar surface area (TPSA) is 92.3 Å². The molecule has 0 saturated carbocycles. The molecule has 0 amide bonds. The van der Waals surface area contributed by atoms with Gasteiger partial charge in [0.2, 0.25) is 5.88 Å². The van der Waals surface area contributed by atoms with Crippen molar-refractivity contribution >= 4 is 5.69 Å². The van der Waals surface area contributed by atoms with E-state index in [2.05, 4.69) is 10.1 Å². The lowest BCUT2D eigenvalue weighted by Gasteiger charge is -2.18. The third kappa shape index (κ3) is 3.14. The summed E-state index contributed by atoms with van der Waals surface area (Å²) in [7, 11) is 2.86. The summed E-state index contributed by atoms with van der Waals surface area (Å²) in [4.78, 5) is 14.0. The van der Waals surface area contributed by atoms with Gasteiger partial charge in [-0.3, -0.25) is 14.8 Å². The highest BCUT2D eigenvalue weighted by Gasteiger charge is 2.23. The van der Waals surface area contributed by atoms with Crippen LogP contribution in [0.1, 0.15) is 11.6 Å². The number of halogens is 1. The van der Waals surface area contributed by atoms with E-state index in [1.165, 1.54) is 31.2 Å². The maximum Gasteiger partial charge on any atom is 0.307 e. The third-order valence-electron chi connectivity index (χ3n) is 2.84. The normalized spacial score (nSPS) is 12.1. The van der Waals surface area contributed by atoms with Crippen LogP contribution in [0.3, 0.4) is 0 Å². The Morgan fingerprint density at radius 2 is 2.24 bits per heavy atom. The second-order valence-corrected chi connectivity index (χ2v) is 4.16. The first kappa shape index (κ1) is 14.9. The van der Waals surface area contributed by atoms with Gasteiger partial charge >= 0.3 is 5.69 Å². The van der Waals surface area contributed by atoms with Crippen LogP contribution in [0.25, 0.3) is 0 Å². The summed E-state index contributed by atoms with van der Waals surface area (Å²) in [6.07, 6.45) is 3.38. The summed E-state index contributed by atoms with van der Waals surface area (Å²) in [6.45, 7) is 0.125. The number of hydrogen-bond donors (Lipinski definition) is 0. The van der Waals surface area contributed by atoms with Gasteiger partial charge in [-0.2, -0.15) is 5.10 Å². The van der Waals surface area contributed by atoms with Crippen LogP contribution in [0.15, 0.2) is 24.7 Å². The fourth-order valence-electron chi connectivity index (χ4n) is 1.91. The average Bonchev–Trinajstić information content (AvgIpc) is 2.94. The second-order valence-electron chi connectivity index (χ2n) is 4.16. The molecule has 0 aliphatic rings. The fourth-order valence-corrected chi connectivity index (χ4v) is 1.91. The van der Waals surface area contributed by atoms with Gasteiger partial charge in [0.25, 0.3) is 0 Å². The third-order valence-corrected chi connectivity index (χ3v) is 2.84. The monoisotopic (exact) mass is 296 g/mol. The van der Waals surface area contributed by atoms with Crippen LogP contribution in [0.5, 0.6) is 5.88 Å². The largest absolute Gasteiger partial charge is 0.481 e. The van der Waals surface area contributed by atoms with Crippen LogP contribution >= 0.6 is 0 Å². The summed E-state index contributed by atoms with van der Waals surface area (Å²) in [5.41, 5.74) is 0.219. The van der Waals surface area contributed by atoms with Gasteiger partial charge in [0.15, 0.2) is 0 Å². The zero-order chi connectivity index (χ0) is 15.4. The van der Waals surface area contributed by atoms with Crippen molar-refractivity contribution < 1.29 is 18.8 Å². The Balaban J connectivity index is 2.47. The first-order valence-corrected chi connectivity index (χ1v) is 5.93. The van der Waals surface area contributed by atoms with Crippen LogP contribution in [0.2, 0.25) is 0 Å². The minimum Gasteiger partial charge on any atom is -0.481 e. The molecule has 1 atom stereocenters. The summed E-state index contributed by atoms with van der Waals surface area (Å²) in [6, 6.07) is 0.644. The molecule has 0 radical (unpaired) electrons. The zero-order valence-electron chi connectivity index (χ0n) is 11.4. The number of pyridine rings is 1. The van der Waals surface area contributed by atoms with Crippen molar-refractivity contribution in [1.29, 1.82) is 0 Å². The van der Waals surface area contributed by atoms with Gasteiger partial charge in [0.05, 0.1) is 24.8 Å². The van der Waals surface area contributed by atoms with Gasteiger partial charge in [0, 0.05) is 12.7 Å². The molecule has 8 nitrogen and oxygen atoms in total. The molecule has 2 heterocycles. The summed E-state index contributed by atoms with van der Waals surface area (Å²) in [5, 5.41) is 14.7. The van der Waals surface area contributed by atoms with Gasteiger partial charge in [-0.25, -0.2) is 9.37 Å². The molecule has 112 valence electrons. The van der Waals surface area contributed by atoms with Crippen LogP contribution in [-0.2, 0) is 4.74 Å². The molecule has 0 aliphatic heterocycles. The van der Waals surface area contributed by atoms with E-state index in [0.29, 0.717) is 5.56 Å². The lowest BCUT2D eigenvalue weighted by atomic mass is 10.1. The van der Waals surface area contributed by atoms with Crippen LogP contribution in [0.4, 0.5) is 10.1 Å². The molecule has 2 aromatic rings. The molecule has 0 aliphatic carbocycles. The van der Waals surface area contributed by atoms with E-state index >= 15 is 0 Å². The molecular weight excluding hydrogens is 283 g/mol. The quantitative estimate of drug-likeness (QED) is 0.593. The highest BCUT2D eigenvalue weighted by atomic mass is 19.1. The molecule has 0 bridgehead atoms. The van der Waals surface area contributed by atoms with Crippen molar-refractivity contribution in [2.24, 2.45) is 0 Å². The molecule has 1 unspecified atom stereocenters. The zero-order valence-corrected chi connectivity index (χ0v) is 11.4. The van der Waals surface area contributed by atoms with E-state index in [0.717, 1.165) is 12.4 Å². The van der Waals surface area contributed by atoms with Crippen molar-refractivity contribution in [3.63, 3.8) is 0 Å². The van der Waals surface area contributed by atoms with Gasteiger partial charge in [-0.1, -0.05) is 0 Å². The Morgan fingerprint density at radius 1 is 1.48 bits per heavy atom. The minimum atomic E-state index is -0.596. The summed E-state index contributed by atoms with van der Waals surface area (Å²) in [5.74, 6) is -0.342. The summed E-state index contributed by atoms with van der Waals surface area (Å²) < 4.78 is 24.9. The van der Waals surface area contributed by atoms with Gasteiger partial charge < -0.3 is 9.47 Å². The first-order valence-electron chi connectivity index (χ1n) is 5.93. The van der Waals surface area contributed by atoms with Crippen molar-refractivity contribution in [2.75, 3.05) is 20.8 Å². The predicted molar refractivity (Wildman–Crippen MR) is 69.6 cm³/mol. The van der Waals surface area contributed by atoms with E-state index in [-0.39, 0.29) is 18.2 Å². The lowest BCUT2D eigenvalue weighted by Crippen LogP contribution is -2.18. The van der Waals surface area contributed by atoms with E-state index < -0.39 is 16.8 Å². The molecular formula is C12H13FN4O4. The Kier molecular flexibility index (Phi) is 4.43. The van der Waals surface area contributed by atoms with E-state index in [1.54, 1.807) is 0 Å². The smallest absolute Gasteiger partial charge is 0.307 e. The molecule has 9 heteroatoms. The summed E-state index contributed by atoms with van der Waals surface area (Å²) >= 11 is 0. The number of rotatable bonds is 6.